The SMILES string of the molecule is COc1ccc(Br)cc1/C=C1/SC(=O)N(CC(=O)c2ccccc2)C1=O. The summed E-state index contributed by atoms with van der Waals surface area (Å²) in [6.07, 6.45) is 1.60. The van der Waals surface area contributed by atoms with E-state index in [4.69, 9.17) is 4.74 Å². The fourth-order valence-corrected chi connectivity index (χ4v) is 3.66. The number of amides is 2. The minimum atomic E-state index is -0.480. The van der Waals surface area contributed by atoms with Crippen LogP contribution in [0.15, 0.2) is 57.9 Å². The van der Waals surface area contributed by atoms with E-state index in [0.717, 1.165) is 21.1 Å². The number of thioether (sulfide) groups is 1. The molecule has 7 heteroatoms. The quantitative estimate of drug-likeness (QED) is 0.519. The molecule has 5 nitrogen and oxygen atoms in total. The van der Waals surface area contributed by atoms with E-state index in [1.165, 1.54) is 7.11 Å². The van der Waals surface area contributed by atoms with Gasteiger partial charge in [0, 0.05) is 15.6 Å². The molecule has 132 valence electrons. The third-order valence-electron chi connectivity index (χ3n) is 3.75. The predicted octanol–water partition coefficient (Wildman–Crippen LogP) is 4.38. The maximum absolute atomic E-state index is 12.6. The number of imide groups is 1. The van der Waals surface area contributed by atoms with E-state index in [2.05, 4.69) is 15.9 Å². The smallest absolute Gasteiger partial charge is 0.293 e. The molecule has 0 aromatic heterocycles. The number of rotatable bonds is 5. The normalized spacial score (nSPS) is 15.6. The Bertz CT molecular complexity index is 911. The van der Waals surface area contributed by atoms with E-state index in [9.17, 15) is 14.4 Å². The highest BCUT2D eigenvalue weighted by molar-refractivity contribution is 9.10. The molecule has 1 saturated heterocycles. The molecule has 0 aliphatic carbocycles. The van der Waals surface area contributed by atoms with Crippen LogP contribution in [0, 0.1) is 0 Å². The monoisotopic (exact) mass is 431 g/mol. The van der Waals surface area contributed by atoms with E-state index in [-0.39, 0.29) is 17.2 Å². The highest BCUT2D eigenvalue weighted by Gasteiger charge is 2.36. The first kappa shape index (κ1) is 18.4. The van der Waals surface area contributed by atoms with Gasteiger partial charge in [-0.1, -0.05) is 46.3 Å². The zero-order valence-electron chi connectivity index (χ0n) is 13.8. The maximum Gasteiger partial charge on any atom is 0.293 e. The second kappa shape index (κ2) is 7.88. The molecule has 1 aliphatic heterocycles. The van der Waals surface area contributed by atoms with Crippen LogP contribution in [0.2, 0.25) is 0 Å². The lowest BCUT2D eigenvalue weighted by molar-refractivity contribution is -0.122. The molecule has 0 saturated carbocycles. The Balaban J connectivity index is 1.83. The Kier molecular flexibility index (Phi) is 5.58. The van der Waals surface area contributed by atoms with Gasteiger partial charge in [0.15, 0.2) is 5.78 Å². The molecule has 0 spiro atoms. The van der Waals surface area contributed by atoms with E-state index < -0.39 is 11.1 Å². The highest BCUT2D eigenvalue weighted by atomic mass is 79.9. The maximum atomic E-state index is 12.6. The van der Waals surface area contributed by atoms with Crippen LogP contribution in [-0.4, -0.2) is 35.5 Å². The largest absolute Gasteiger partial charge is 0.496 e. The van der Waals surface area contributed by atoms with Crippen LogP contribution in [0.3, 0.4) is 0 Å². The third kappa shape index (κ3) is 3.89. The molecule has 26 heavy (non-hydrogen) atoms. The highest BCUT2D eigenvalue weighted by Crippen LogP contribution is 2.34. The molecule has 1 heterocycles. The molecule has 2 aromatic carbocycles. The van der Waals surface area contributed by atoms with Crippen LogP contribution >= 0.6 is 27.7 Å². The average Bonchev–Trinajstić information content (AvgIpc) is 2.90. The summed E-state index contributed by atoms with van der Waals surface area (Å²) in [4.78, 5) is 38.3. The summed E-state index contributed by atoms with van der Waals surface area (Å²) in [7, 11) is 1.53. The minimum absolute atomic E-state index is 0.257. The number of benzene rings is 2. The minimum Gasteiger partial charge on any atom is -0.496 e. The van der Waals surface area contributed by atoms with Gasteiger partial charge < -0.3 is 4.74 Å². The lowest BCUT2D eigenvalue weighted by Crippen LogP contribution is -2.33. The first-order valence-electron chi connectivity index (χ1n) is 7.67. The summed E-state index contributed by atoms with van der Waals surface area (Å²) in [5.41, 5.74) is 1.13. The van der Waals surface area contributed by atoms with E-state index >= 15 is 0 Å². The Morgan fingerprint density at radius 2 is 1.92 bits per heavy atom. The number of carbonyl (C=O) groups is 3. The topological polar surface area (TPSA) is 63.7 Å². The lowest BCUT2D eigenvalue weighted by atomic mass is 10.1. The van der Waals surface area contributed by atoms with Gasteiger partial charge in [-0.15, -0.1) is 0 Å². The number of nitrogens with zero attached hydrogens (tertiary/aromatic N) is 1. The second-order valence-corrected chi connectivity index (χ2v) is 7.35. The van der Waals surface area contributed by atoms with Gasteiger partial charge in [-0.3, -0.25) is 19.3 Å². The third-order valence-corrected chi connectivity index (χ3v) is 5.15. The number of hydrogen-bond donors (Lipinski definition) is 0. The van der Waals surface area contributed by atoms with Gasteiger partial charge in [-0.05, 0) is 36.0 Å². The Labute approximate surface area is 163 Å². The molecule has 1 aliphatic rings. The van der Waals surface area contributed by atoms with Crippen molar-refractivity contribution in [3.63, 3.8) is 0 Å². The average molecular weight is 432 g/mol. The lowest BCUT2D eigenvalue weighted by Gasteiger charge is -2.11. The summed E-state index contributed by atoms with van der Waals surface area (Å²) < 4.78 is 6.11. The van der Waals surface area contributed by atoms with Crippen molar-refractivity contribution in [3.05, 3.63) is 69.0 Å². The van der Waals surface area contributed by atoms with E-state index in [0.29, 0.717) is 16.9 Å². The predicted molar refractivity (Wildman–Crippen MR) is 104 cm³/mol. The summed E-state index contributed by atoms with van der Waals surface area (Å²) in [5, 5.41) is -0.459. The number of halogens is 1. The molecule has 0 unspecified atom stereocenters. The zero-order chi connectivity index (χ0) is 18.7. The van der Waals surface area contributed by atoms with Crippen LogP contribution < -0.4 is 4.74 Å². The molecular formula is C19H14BrNO4S. The number of methoxy groups -OCH3 is 1. The van der Waals surface area contributed by atoms with E-state index in [1.807, 2.05) is 6.07 Å². The van der Waals surface area contributed by atoms with Gasteiger partial charge in [-0.25, -0.2) is 0 Å². The Morgan fingerprint density at radius 1 is 1.19 bits per heavy atom. The number of ketones is 1. The van der Waals surface area contributed by atoms with Gasteiger partial charge in [0.1, 0.15) is 5.75 Å². The summed E-state index contributed by atoms with van der Waals surface area (Å²) in [6.45, 7) is -0.276. The van der Waals surface area contributed by atoms with Crippen LogP contribution in [0.5, 0.6) is 5.75 Å². The van der Waals surface area contributed by atoms with Crippen LogP contribution in [0.4, 0.5) is 4.79 Å². The molecular weight excluding hydrogens is 418 g/mol. The fraction of sp³-hybridized carbons (Fsp3) is 0.105. The van der Waals surface area contributed by atoms with E-state index in [1.54, 1.807) is 48.5 Å². The summed E-state index contributed by atoms with van der Waals surface area (Å²) >= 11 is 4.19. The van der Waals surface area contributed by atoms with Crippen molar-refractivity contribution in [3.8, 4) is 5.75 Å². The molecule has 0 radical (unpaired) electrons. The van der Waals surface area contributed by atoms with Crippen LogP contribution in [-0.2, 0) is 4.79 Å². The van der Waals surface area contributed by atoms with Gasteiger partial charge in [0.05, 0.1) is 18.6 Å². The Morgan fingerprint density at radius 3 is 2.62 bits per heavy atom. The van der Waals surface area contributed by atoms with Gasteiger partial charge >= 0.3 is 0 Å². The van der Waals surface area contributed by atoms with Crippen molar-refractivity contribution in [2.75, 3.05) is 13.7 Å². The molecule has 2 amide bonds. The number of ether oxygens (including phenoxy) is 1. The van der Waals surface area contributed by atoms with Crippen molar-refractivity contribution in [1.82, 2.24) is 4.90 Å². The number of hydrogen-bond acceptors (Lipinski definition) is 5. The van der Waals surface area contributed by atoms with Crippen molar-refractivity contribution in [2.45, 2.75) is 0 Å². The molecule has 0 bridgehead atoms. The molecule has 3 rings (SSSR count). The van der Waals surface area contributed by atoms with Gasteiger partial charge in [-0.2, -0.15) is 0 Å². The van der Waals surface area contributed by atoms with Crippen molar-refractivity contribution in [1.29, 1.82) is 0 Å². The molecule has 0 atom stereocenters. The first-order valence-corrected chi connectivity index (χ1v) is 9.27. The van der Waals surface area contributed by atoms with Gasteiger partial charge in [0.2, 0.25) is 0 Å². The first-order chi connectivity index (χ1) is 12.5. The van der Waals surface area contributed by atoms with Crippen molar-refractivity contribution in [2.24, 2.45) is 0 Å². The number of carbonyl (C=O) groups excluding carboxylic acids is 3. The number of Topliss-reactive ketones (excluding diaryl/α,β-unsaturated/α-hetero) is 1. The summed E-state index contributed by atoms with van der Waals surface area (Å²) in [6, 6.07) is 14.0. The molecule has 2 aromatic rings. The standard InChI is InChI=1S/C19H14BrNO4S/c1-25-16-8-7-14(20)9-13(16)10-17-18(23)21(19(24)26-17)11-15(22)12-5-3-2-4-6-12/h2-10H,11H2,1H3/b17-10+. The second-order valence-electron chi connectivity index (χ2n) is 5.44. The van der Waals surface area contributed by atoms with Crippen LogP contribution in [0.1, 0.15) is 15.9 Å². The fourth-order valence-electron chi connectivity index (χ4n) is 2.45. The van der Waals surface area contributed by atoms with Crippen LogP contribution in [0.25, 0.3) is 6.08 Å². The Hall–Kier alpha value is -2.38. The van der Waals surface area contributed by atoms with Crippen molar-refractivity contribution >= 4 is 50.7 Å². The summed E-state index contributed by atoms with van der Waals surface area (Å²) in [5.74, 6) is -0.180. The molecule has 0 N–H and O–H groups in total. The zero-order valence-corrected chi connectivity index (χ0v) is 16.2. The molecule has 1 fully saturated rings. The van der Waals surface area contributed by atoms with Crippen molar-refractivity contribution < 1.29 is 19.1 Å². The van der Waals surface area contributed by atoms with Gasteiger partial charge in [0.25, 0.3) is 11.1 Å².